The van der Waals surface area contributed by atoms with Gasteiger partial charge in [0.2, 0.25) is 0 Å². The largest absolute Gasteiger partial charge is 0.481 e. The van der Waals surface area contributed by atoms with E-state index in [4.69, 9.17) is 4.74 Å². The number of anilines is 2. The fourth-order valence-electron chi connectivity index (χ4n) is 2.27. The van der Waals surface area contributed by atoms with E-state index in [1.807, 2.05) is 13.8 Å². The molecule has 2 heterocycles. The van der Waals surface area contributed by atoms with Gasteiger partial charge in [0.1, 0.15) is 0 Å². The van der Waals surface area contributed by atoms with Crippen molar-refractivity contribution in [3.63, 3.8) is 0 Å². The molecule has 1 aromatic carbocycles. The monoisotopic (exact) mass is 317 g/mol. The van der Waals surface area contributed by atoms with Crippen LogP contribution in [0.2, 0.25) is 0 Å². The van der Waals surface area contributed by atoms with Gasteiger partial charge >= 0.3 is 0 Å². The number of hydrogen-bond acceptors (Lipinski definition) is 5. The van der Waals surface area contributed by atoms with Gasteiger partial charge in [-0.3, -0.25) is 14.9 Å². The molecule has 7 heteroatoms. The minimum atomic E-state index is -0.301. The van der Waals surface area contributed by atoms with E-state index in [1.165, 1.54) is 11.3 Å². The molecule has 0 radical (unpaired) electrons. The third-order valence-corrected chi connectivity index (χ3v) is 4.26. The third kappa shape index (κ3) is 2.67. The molecule has 1 aliphatic heterocycles. The van der Waals surface area contributed by atoms with Gasteiger partial charge in [0.15, 0.2) is 17.5 Å². The van der Waals surface area contributed by atoms with Gasteiger partial charge in [-0.05, 0) is 25.5 Å². The maximum Gasteiger partial charge on any atom is 0.262 e. The lowest BCUT2D eigenvalue weighted by Crippen LogP contribution is -2.27. The van der Waals surface area contributed by atoms with Crippen molar-refractivity contribution in [2.75, 3.05) is 17.2 Å². The van der Waals surface area contributed by atoms with E-state index in [2.05, 4.69) is 15.6 Å². The van der Waals surface area contributed by atoms with Crippen LogP contribution < -0.4 is 15.4 Å². The Bertz CT molecular complexity index is 754. The average molecular weight is 317 g/mol. The molecule has 0 unspecified atom stereocenters. The molecule has 0 saturated carbocycles. The second-order valence-corrected chi connectivity index (χ2v) is 6.05. The van der Waals surface area contributed by atoms with Crippen molar-refractivity contribution in [3.8, 4) is 5.75 Å². The number of nitrogens with zero attached hydrogens (tertiary/aromatic N) is 1. The van der Waals surface area contributed by atoms with E-state index in [-0.39, 0.29) is 18.4 Å². The molecular formula is C15H15N3O3S. The smallest absolute Gasteiger partial charge is 0.262 e. The van der Waals surface area contributed by atoms with Crippen LogP contribution in [0.3, 0.4) is 0 Å². The Morgan fingerprint density at radius 2 is 2.32 bits per heavy atom. The third-order valence-electron chi connectivity index (χ3n) is 3.33. The van der Waals surface area contributed by atoms with Crippen LogP contribution in [0.15, 0.2) is 18.2 Å². The topological polar surface area (TPSA) is 80.3 Å². The van der Waals surface area contributed by atoms with Crippen LogP contribution in [0.1, 0.15) is 27.9 Å². The molecule has 114 valence electrons. The number of carbonyl (C=O) groups excluding carboxylic acids is 2. The Morgan fingerprint density at radius 3 is 3.05 bits per heavy atom. The van der Waals surface area contributed by atoms with E-state index < -0.39 is 0 Å². The maximum atomic E-state index is 12.4. The van der Waals surface area contributed by atoms with E-state index in [0.717, 1.165) is 17.0 Å². The average Bonchev–Trinajstić information content (AvgIpc) is 2.85. The molecule has 0 spiro atoms. The fraction of sp³-hybridized carbons (Fsp3) is 0.267. The van der Waals surface area contributed by atoms with Crippen molar-refractivity contribution >= 4 is 34.0 Å². The zero-order chi connectivity index (χ0) is 15.7. The number of fused-ring (bicyclic) bond motifs is 1. The summed E-state index contributed by atoms with van der Waals surface area (Å²) in [6.45, 7) is 3.92. The van der Waals surface area contributed by atoms with Crippen LogP contribution >= 0.6 is 11.3 Å². The van der Waals surface area contributed by atoms with Gasteiger partial charge in [-0.25, -0.2) is 4.98 Å². The van der Waals surface area contributed by atoms with Gasteiger partial charge in [-0.15, -0.1) is 11.3 Å². The summed E-state index contributed by atoms with van der Waals surface area (Å²) in [5.41, 5.74) is 1.87. The Hall–Kier alpha value is -2.41. The maximum absolute atomic E-state index is 12.4. The molecule has 0 bridgehead atoms. The molecule has 2 N–H and O–H groups in total. The van der Waals surface area contributed by atoms with Crippen LogP contribution in [0.25, 0.3) is 0 Å². The normalized spacial score (nSPS) is 13.1. The summed E-state index contributed by atoms with van der Waals surface area (Å²) in [6, 6.07) is 5.06. The van der Waals surface area contributed by atoms with Gasteiger partial charge in [0.05, 0.1) is 16.9 Å². The number of amides is 2. The standard InChI is InChI=1S/C15H15N3O3S/c1-3-10-8(2)22-15(17-10)18-14(20)9-5-4-6-11-13(9)21-7-12(19)16-11/h4-6H,3,7H2,1-2H3,(H,16,19)(H,17,18,20). The quantitative estimate of drug-likeness (QED) is 0.912. The predicted molar refractivity (Wildman–Crippen MR) is 84.7 cm³/mol. The second kappa shape index (κ2) is 5.76. The number of carbonyl (C=O) groups is 2. The lowest BCUT2D eigenvalue weighted by atomic mass is 10.1. The molecule has 0 saturated heterocycles. The van der Waals surface area contributed by atoms with E-state index >= 15 is 0 Å². The Kier molecular flexibility index (Phi) is 3.81. The minimum Gasteiger partial charge on any atom is -0.481 e. The first kappa shape index (κ1) is 14.5. The molecule has 2 aromatic rings. The van der Waals surface area contributed by atoms with Crippen LogP contribution in [-0.4, -0.2) is 23.4 Å². The molecular weight excluding hydrogens is 302 g/mol. The summed E-state index contributed by atoms with van der Waals surface area (Å²) in [5, 5.41) is 6.04. The van der Waals surface area contributed by atoms with E-state index in [9.17, 15) is 9.59 Å². The first-order valence-corrected chi connectivity index (χ1v) is 7.73. The number of nitrogens with one attached hydrogen (secondary N) is 2. The Labute approximate surface area is 131 Å². The summed E-state index contributed by atoms with van der Waals surface area (Å²) in [4.78, 5) is 29.3. The van der Waals surface area contributed by atoms with Crippen molar-refractivity contribution < 1.29 is 14.3 Å². The van der Waals surface area contributed by atoms with Crippen LogP contribution in [0.4, 0.5) is 10.8 Å². The molecule has 22 heavy (non-hydrogen) atoms. The number of ether oxygens (including phenoxy) is 1. The predicted octanol–water partition coefficient (Wildman–Crippen LogP) is 2.60. The van der Waals surface area contributed by atoms with Crippen molar-refractivity contribution in [1.29, 1.82) is 0 Å². The highest BCUT2D eigenvalue weighted by Crippen LogP contribution is 2.32. The highest BCUT2D eigenvalue weighted by atomic mass is 32.1. The number of benzene rings is 1. The number of thiazole rings is 1. The van der Waals surface area contributed by atoms with Crippen LogP contribution in [-0.2, 0) is 11.2 Å². The van der Waals surface area contributed by atoms with Crippen molar-refractivity contribution in [2.24, 2.45) is 0 Å². The second-order valence-electron chi connectivity index (χ2n) is 4.85. The SMILES string of the molecule is CCc1nc(NC(=O)c2cccc3c2OCC(=O)N3)sc1C. The van der Waals surface area contributed by atoms with E-state index in [1.54, 1.807) is 18.2 Å². The van der Waals surface area contributed by atoms with Crippen LogP contribution in [0.5, 0.6) is 5.75 Å². The van der Waals surface area contributed by atoms with Crippen molar-refractivity contribution in [2.45, 2.75) is 20.3 Å². The zero-order valence-corrected chi connectivity index (χ0v) is 13.0. The first-order valence-electron chi connectivity index (χ1n) is 6.91. The molecule has 2 amide bonds. The molecule has 1 aromatic heterocycles. The van der Waals surface area contributed by atoms with Gasteiger partial charge in [0, 0.05) is 4.88 Å². The van der Waals surface area contributed by atoms with Gasteiger partial charge in [-0.2, -0.15) is 0 Å². The number of rotatable bonds is 3. The molecule has 0 fully saturated rings. The Morgan fingerprint density at radius 1 is 1.50 bits per heavy atom. The number of para-hydroxylation sites is 1. The van der Waals surface area contributed by atoms with Gasteiger partial charge < -0.3 is 10.1 Å². The summed E-state index contributed by atoms with van der Waals surface area (Å²) in [5.74, 6) is -0.138. The molecule has 0 aliphatic carbocycles. The first-order chi connectivity index (χ1) is 10.6. The van der Waals surface area contributed by atoms with E-state index in [0.29, 0.717) is 22.1 Å². The summed E-state index contributed by atoms with van der Waals surface area (Å²) in [7, 11) is 0. The van der Waals surface area contributed by atoms with Gasteiger partial charge in [-0.1, -0.05) is 13.0 Å². The van der Waals surface area contributed by atoms with Crippen molar-refractivity contribution in [3.05, 3.63) is 34.3 Å². The summed E-state index contributed by atoms with van der Waals surface area (Å²) in [6.07, 6.45) is 0.827. The molecule has 6 nitrogen and oxygen atoms in total. The highest BCUT2D eigenvalue weighted by molar-refractivity contribution is 7.15. The minimum absolute atomic E-state index is 0.0896. The fourth-order valence-corrected chi connectivity index (χ4v) is 3.17. The zero-order valence-electron chi connectivity index (χ0n) is 12.2. The molecule has 1 aliphatic rings. The molecule has 3 rings (SSSR count). The lowest BCUT2D eigenvalue weighted by molar-refractivity contribution is -0.118. The lowest BCUT2D eigenvalue weighted by Gasteiger charge is -2.20. The number of hydrogen-bond donors (Lipinski definition) is 2. The summed E-state index contributed by atoms with van der Waals surface area (Å²) < 4.78 is 5.39. The highest BCUT2D eigenvalue weighted by Gasteiger charge is 2.23. The summed E-state index contributed by atoms with van der Waals surface area (Å²) >= 11 is 1.45. The number of aromatic nitrogens is 1. The molecule has 0 atom stereocenters. The van der Waals surface area contributed by atoms with Gasteiger partial charge in [0.25, 0.3) is 11.8 Å². The number of aryl methyl sites for hydroxylation is 2. The van der Waals surface area contributed by atoms with Crippen molar-refractivity contribution in [1.82, 2.24) is 4.98 Å². The van der Waals surface area contributed by atoms with Crippen LogP contribution in [0, 0.1) is 6.92 Å². The Balaban J connectivity index is 1.86.